The van der Waals surface area contributed by atoms with Crippen LogP contribution in [0.2, 0.25) is 0 Å². The van der Waals surface area contributed by atoms with Crippen molar-refractivity contribution in [2.45, 2.75) is 38.6 Å². The number of methoxy groups -OCH3 is 1. The first-order valence-electron chi connectivity index (χ1n) is 6.56. The van der Waals surface area contributed by atoms with Crippen molar-refractivity contribution in [2.24, 2.45) is 11.7 Å². The first-order valence-corrected chi connectivity index (χ1v) is 6.56. The predicted octanol–water partition coefficient (Wildman–Crippen LogP) is 2.70. The third-order valence-corrected chi connectivity index (χ3v) is 3.78. The Kier molecular flexibility index (Phi) is 4.02. The highest BCUT2D eigenvalue weighted by Gasteiger charge is 2.26. The van der Waals surface area contributed by atoms with Gasteiger partial charge < -0.3 is 10.5 Å². The number of rotatable bonds is 3. The van der Waals surface area contributed by atoms with Crippen LogP contribution in [0.15, 0.2) is 18.2 Å². The predicted molar refractivity (Wildman–Crippen MR) is 72.0 cm³/mol. The molecule has 0 spiro atoms. The molecule has 1 aliphatic rings. The number of benzene rings is 1. The normalized spacial score (nSPS) is 23.7. The summed E-state index contributed by atoms with van der Waals surface area (Å²) in [7, 11) is 1.64. The van der Waals surface area contributed by atoms with E-state index < -0.39 is 0 Å². The SMILES string of the molecule is COc1ccc(C(=O)C2CCCC(N)C2)c(C)c1. The smallest absolute Gasteiger partial charge is 0.166 e. The molecule has 2 atom stereocenters. The van der Waals surface area contributed by atoms with Gasteiger partial charge in [-0.25, -0.2) is 0 Å². The van der Waals surface area contributed by atoms with E-state index in [1.807, 2.05) is 25.1 Å². The lowest BCUT2D eigenvalue weighted by Gasteiger charge is -2.26. The quantitative estimate of drug-likeness (QED) is 0.835. The van der Waals surface area contributed by atoms with E-state index in [2.05, 4.69) is 0 Å². The fraction of sp³-hybridized carbons (Fsp3) is 0.533. The topological polar surface area (TPSA) is 52.3 Å². The van der Waals surface area contributed by atoms with Gasteiger partial charge in [0.1, 0.15) is 5.75 Å². The van der Waals surface area contributed by atoms with Crippen molar-refractivity contribution in [3.8, 4) is 5.75 Å². The first-order chi connectivity index (χ1) is 8.61. The van der Waals surface area contributed by atoms with Crippen LogP contribution in [-0.4, -0.2) is 18.9 Å². The van der Waals surface area contributed by atoms with Crippen molar-refractivity contribution < 1.29 is 9.53 Å². The summed E-state index contributed by atoms with van der Waals surface area (Å²) in [5.74, 6) is 1.13. The number of hydrogen-bond donors (Lipinski definition) is 1. The maximum absolute atomic E-state index is 12.5. The number of carbonyl (C=O) groups excluding carboxylic acids is 1. The lowest BCUT2D eigenvalue weighted by atomic mass is 9.81. The highest BCUT2D eigenvalue weighted by Crippen LogP contribution is 2.28. The van der Waals surface area contributed by atoms with E-state index in [9.17, 15) is 4.79 Å². The van der Waals surface area contributed by atoms with Gasteiger partial charge in [0.25, 0.3) is 0 Å². The van der Waals surface area contributed by atoms with E-state index in [1.165, 1.54) is 0 Å². The molecule has 0 aliphatic heterocycles. The number of aryl methyl sites for hydroxylation is 1. The third-order valence-electron chi connectivity index (χ3n) is 3.78. The van der Waals surface area contributed by atoms with Crippen molar-refractivity contribution in [2.75, 3.05) is 7.11 Å². The molecule has 1 saturated carbocycles. The monoisotopic (exact) mass is 247 g/mol. The number of ketones is 1. The van der Waals surface area contributed by atoms with Crippen LogP contribution in [0.25, 0.3) is 0 Å². The largest absolute Gasteiger partial charge is 0.497 e. The Morgan fingerprint density at radius 3 is 2.78 bits per heavy atom. The number of hydrogen-bond acceptors (Lipinski definition) is 3. The van der Waals surface area contributed by atoms with Crippen LogP contribution in [0.5, 0.6) is 5.75 Å². The zero-order valence-corrected chi connectivity index (χ0v) is 11.1. The van der Waals surface area contributed by atoms with Crippen molar-refractivity contribution in [1.82, 2.24) is 0 Å². The lowest BCUT2D eigenvalue weighted by molar-refractivity contribution is 0.0881. The summed E-state index contributed by atoms with van der Waals surface area (Å²) < 4.78 is 5.16. The van der Waals surface area contributed by atoms with Crippen molar-refractivity contribution in [3.63, 3.8) is 0 Å². The standard InChI is InChI=1S/C15H21NO2/c1-10-8-13(18-2)6-7-14(10)15(17)11-4-3-5-12(16)9-11/h6-8,11-12H,3-5,9,16H2,1-2H3. The molecule has 1 fully saturated rings. The van der Waals surface area contributed by atoms with Crippen LogP contribution in [0.4, 0.5) is 0 Å². The van der Waals surface area contributed by atoms with Gasteiger partial charge in [0.15, 0.2) is 5.78 Å². The summed E-state index contributed by atoms with van der Waals surface area (Å²) >= 11 is 0. The van der Waals surface area contributed by atoms with Crippen LogP contribution < -0.4 is 10.5 Å². The third kappa shape index (κ3) is 2.72. The van der Waals surface area contributed by atoms with E-state index >= 15 is 0 Å². The van der Waals surface area contributed by atoms with E-state index in [1.54, 1.807) is 7.11 Å². The highest BCUT2D eigenvalue weighted by molar-refractivity contribution is 5.99. The fourth-order valence-corrected chi connectivity index (χ4v) is 2.73. The van der Waals surface area contributed by atoms with Crippen LogP contribution in [0, 0.1) is 12.8 Å². The van der Waals surface area contributed by atoms with Gasteiger partial charge in [0, 0.05) is 17.5 Å². The van der Waals surface area contributed by atoms with Gasteiger partial charge >= 0.3 is 0 Å². The molecule has 1 aliphatic carbocycles. The van der Waals surface area contributed by atoms with Crippen molar-refractivity contribution >= 4 is 5.78 Å². The molecule has 0 aromatic heterocycles. The molecule has 2 N–H and O–H groups in total. The van der Waals surface area contributed by atoms with Crippen LogP contribution >= 0.6 is 0 Å². The van der Waals surface area contributed by atoms with Crippen LogP contribution in [-0.2, 0) is 0 Å². The van der Waals surface area contributed by atoms with Gasteiger partial charge in [-0.1, -0.05) is 6.42 Å². The Labute approximate surface area is 108 Å². The molecule has 2 rings (SSSR count). The average Bonchev–Trinajstić information content (AvgIpc) is 2.37. The Bertz CT molecular complexity index is 442. The minimum absolute atomic E-state index is 0.0980. The molecular weight excluding hydrogens is 226 g/mol. The summed E-state index contributed by atoms with van der Waals surface area (Å²) in [5, 5.41) is 0. The Morgan fingerprint density at radius 1 is 1.39 bits per heavy atom. The fourth-order valence-electron chi connectivity index (χ4n) is 2.73. The molecule has 98 valence electrons. The molecule has 0 bridgehead atoms. The molecule has 3 nitrogen and oxygen atoms in total. The van der Waals surface area contributed by atoms with E-state index in [-0.39, 0.29) is 17.7 Å². The second-order valence-electron chi connectivity index (χ2n) is 5.17. The average molecular weight is 247 g/mol. The molecule has 18 heavy (non-hydrogen) atoms. The lowest BCUT2D eigenvalue weighted by Crippen LogP contribution is -2.31. The molecule has 0 amide bonds. The second kappa shape index (κ2) is 5.53. The van der Waals surface area contributed by atoms with Crippen LogP contribution in [0.3, 0.4) is 0 Å². The first kappa shape index (κ1) is 13.1. The Balaban J connectivity index is 2.17. The van der Waals surface area contributed by atoms with Gasteiger partial charge in [-0.15, -0.1) is 0 Å². The van der Waals surface area contributed by atoms with E-state index in [0.29, 0.717) is 0 Å². The van der Waals surface area contributed by atoms with Crippen molar-refractivity contribution in [3.05, 3.63) is 29.3 Å². The maximum atomic E-state index is 12.5. The summed E-state index contributed by atoms with van der Waals surface area (Å²) in [4.78, 5) is 12.5. The van der Waals surface area contributed by atoms with Gasteiger partial charge in [0.2, 0.25) is 0 Å². The van der Waals surface area contributed by atoms with Gasteiger partial charge in [-0.05, 0) is 49.9 Å². The molecular formula is C15H21NO2. The molecule has 0 saturated heterocycles. The van der Waals surface area contributed by atoms with Crippen LogP contribution in [0.1, 0.15) is 41.6 Å². The summed E-state index contributed by atoms with van der Waals surface area (Å²) in [6.07, 6.45) is 3.90. The number of ether oxygens (including phenoxy) is 1. The maximum Gasteiger partial charge on any atom is 0.166 e. The zero-order chi connectivity index (χ0) is 13.1. The Morgan fingerprint density at radius 2 is 2.17 bits per heavy atom. The van der Waals surface area contributed by atoms with Gasteiger partial charge in [-0.2, -0.15) is 0 Å². The van der Waals surface area contributed by atoms with Gasteiger partial charge in [-0.3, -0.25) is 4.79 Å². The molecule has 1 aromatic rings. The van der Waals surface area contributed by atoms with Gasteiger partial charge in [0.05, 0.1) is 7.11 Å². The summed E-state index contributed by atoms with van der Waals surface area (Å²) in [6.45, 7) is 1.96. The zero-order valence-electron chi connectivity index (χ0n) is 11.1. The number of Topliss-reactive ketones (excluding diaryl/α,β-unsaturated/α-hetero) is 1. The Hall–Kier alpha value is -1.35. The van der Waals surface area contributed by atoms with E-state index in [0.717, 1.165) is 42.6 Å². The van der Waals surface area contributed by atoms with E-state index in [4.69, 9.17) is 10.5 Å². The summed E-state index contributed by atoms with van der Waals surface area (Å²) in [6, 6.07) is 5.82. The molecule has 1 aromatic carbocycles. The molecule has 0 heterocycles. The second-order valence-corrected chi connectivity index (χ2v) is 5.17. The van der Waals surface area contributed by atoms with Crippen molar-refractivity contribution in [1.29, 1.82) is 0 Å². The molecule has 2 unspecified atom stereocenters. The minimum Gasteiger partial charge on any atom is -0.497 e. The number of nitrogens with two attached hydrogens (primary N) is 1. The highest BCUT2D eigenvalue weighted by atomic mass is 16.5. The molecule has 0 radical (unpaired) electrons. The number of carbonyl (C=O) groups is 1. The minimum atomic E-state index is 0.0980. The summed E-state index contributed by atoms with van der Waals surface area (Å²) in [5.41, 5.74) is 7.75. The molecule has 3 heteroatoms.